The summed E-state index contributed by atoms with van der Waals surface area (Å²) in [5, 5.41) is 9.78. The number of hydrogen-bond acceptors (Lipinski definition) is 3. The lowest BCUT2D eigenvalue weighted by atomic mass is 9.68. The average Bonchev–Trinajstić information content (AvgIpc) is 3.04. The number of aromatic hydroxyl groups is 1. The number of piperidine rings is 1. The van der Waals surface area contributed by atoms with Crippen LogP contribution in [0.1, 0.15) is 38.0 Å². The van der Waals surface area contributed by atoms with Crippen molar-refractivity contribution >= 4 is 0 Å². The summed E-state index contributed by atoms with van der Waals surface area (Å²) in [5.41, 5.74) is 1.41. The van der Waals surface area contributed by atoms with Gasteiger partial charge >= 0.3 is 0 Å². The Labute approximate surface area is 138 Å². The molecule has 3 nitrogen and oxygen atoms in total. The molecular weight excluding hydrogens is 286 g/mol. The van der Waals surface area contributed by atoms with Gasteiger partial charge in [0.1, 0.15) is 11.5 Å². The predicted octanol–water partition coefficient (Wildman–Crippen LogP) is 4.22. The molecular formula is C20H27NO2. The SMILES string of the molecule is CC1CN(CCCc2ccco2)CCC1(C)c1cccc(O)c1. The van der Waals surface area contributed by atoms with Crippen molar-refractivity contribution in [2.24, 2.45) is 5.92 Å². The van der Waals surface area contributed by atoms with Crippen molar-refractivity contribution < 1.29 is 9.52 Å². The van der Waals surface area contributed by atoms with Crippen molar-refractivity contribution in [3.63, 3.8) is 0 Å². The maximum Gasteiger partial charge on any atom is 0.115 e. The van der Waals surface area contributed by atoms with Gasteiger partial charge in [0.2, 0.25) is 0 Å². The Balaban J connectivity index is 1.56. The minimum atomic E-state index is 0.149. The molecule has 23 heavy (non-hydrogen) atoms. The normalized spacial score (nSPS) is 25.6. The van der Waals surface area contributed by atoms with Gasteiger partial charge in [-0.2, -0.15) is 0 Å². The fourth-order valence-electron chi connectivity index (χ4n) is 3.74. The zero-order valence-electron chi connectivity index (χ0n) is 14.2. The van der Waals surface area contributed by atoms with Crippen LogP contribution in [-0.4, -0.2) is 29.6 Å². The summed E-state index contributed by atoms with van der Waals surface area (Å²) in [7, 11) is 0. The number of furan rings is 1. The van der Waals surface area contributed by atoms with Gasteiger partial charge < -0.3 is 14.4 Å². The Morgan fingerprint density at radius 1 is 1.30 bits per heavy atom. The number of rotatable bonds is 5. The Morgan fingerprint density at radius 3 is 2.87 bits per heavy atom. The van der Waals surface area contributed by atoms with Gasteiger partial charge in [-0.1, -0.05) is 26.0 Å². The molecule has 0 amide bonds. The first kappa shape index (κ1) is 16.1. The highest BCUT2D eigenvalue weighted by molar-refractivity contribution is 5.33. The van der Waals surface area contributed by atoms with Crippen molar-refractivity contribution in [2.75, 3.05) is 19.6 Å². The lowest BCUT2D eigenvalue weighted by molar-refractivity contribution is 0.110. The first-order chi connectivity index (χ1) is 11.1. The molecule has 1 aromatic carbocycles. The van der Waals surface area contributed by atoms with Crippen LogP contribution < -0.4 is 0 Å². The van der Waals surface area contributed by atoms with Crippen LogP contribution in [0.2, 0.25) is 0 Å². The van der Waals surface area contributed by atoms with Gasteiger partial charge in [-0.3, -0.25) is 0 Å². The maximum atomic E-state index is 9.78. The molecule has 1 aromatic heterocycles. The second kappa shape index (κ2) is 6.79. The highest BCUT2D eigenvalue weighted by atomic mass is 16.3. The molecule has 1 N–H and O–H groups in total. The van der Waals surface area contributed by atoms with Gasteiger partial charge in [-0.05, 0) is 67.1 Å². The number of phenols is 1. The third kappa shape index (κ3) is 3.61. The molecule has 1 aliphatic heterocycles. The maximum absolute atomic E-state index is 9.78. The molecule has 2 atom stereocenters. The van der Waals surface area contributed by atoms with Gasteiger partial charge in [0.25, 0.3) is 0 Å². The standard InChI is InChI=1S/C20H27NO2/c1-16-15-21(11-4-8-19-9-5-13-23-19)12-10-20(16,2)17-6-3-7-18(22)14-17/h3,5-7,9,13-14,16,22H,4,8,10-12,15H2,1-2H3. The summed E-state index contributed by atoms with van der Waals surface area (Å²) >= 11 is 0. The van der Waals surface area contributed by atoms with Gasteiger partial charge in [-0.15, -0.1) is 0 Å². The van der Waals surface area contributed by atoms with E-state index in [1.807, 2.05) is 18.2 Å². The van der Waals surface area contributed by atoms with E-state index in [2.05, 4.69) is 30.9 Å². The Bertz CT molecular complexity index is 622. The van der Waals surface area contributed by atoms with E-state index in [9.17, 15) is 5.11 Å². The molecule has 3 rings (SSSR count). The van der Waals surface area contributed by atoms with Crippen molar-refractivity contribution in [1.82, 2.24) is 4.90 Å². The Morgan fingerprint density at radius 2 is 2.17 bits per heavy atom. The topological polar surface area (TPSA) is 36.6 Å². The average molecular weight is 313 g/mol. The van der Waals surface area contributed by atoms with Crippen molar-refractivity contribution in [2.45, 2.75) is 38.5 Å². The second-order valence-corrected chi connectivity index (χ2v) is 7.10. The second-order valence-electron chi connectivity index (χ2n) is 7.10. The van der Waals surface area contributed by atoms with Crippen LogP contribution in [-0.2, 0) is 11.8 Å². The van der Waals surface area contributed by atoms with Crippen molar-refractivity contribution in [3.8, 4) is 5.75 Å². The summed E-state index contributed by atoms with van der Waals surface area (Å²) in [6, 6.07) is 11.8. The van der Waals surface area contributed by atoms with E-state index in [0.717, 1.165) is 44.7 Å². The summed E-state index contributed by atoms with van der Waals surface area (Å²) < 4.78 is 5.40. The van der Waals surface area contributed by atoms with Crippen LogP contribution in [0.25, 0.3) is 0 Å². The number of nitrogens with zero attached hydrogens (tertiary/aromatic N) is 1. The van der Waals surface area contributed by atoms with Gasteiger partial charge in [-0.25, -0.2) is 0 Å². The fourth-order valence-corrected chi connectivity index (χ4v) is 3.74. The van der Waals surface area contributed by atoms with E-state index in [1.165, 1.54) is 5.56 Å². The minimum Gasteiger partial charge on any atom is -0.508 e. The summed E-state index contributed by atoms with van der Waals surface area (Å²) in [4.78, 5) is 2.57. The van der Waals surface area contributed by atoms with Crippen LogP contribution in [0.3, 0.4) is 0 Å². The lowest BCUT2D eigenvalue weighted by Crippen LogP contribution is -2.47. The first-order valence-electron chi connectivity index (χ1n) is 8.62. The zero-order chi connectivity index (χ0) is 16.3. The molecule has 2 aromatic rings. The number of benzene rings is 1. The smallest absolute Gasteiger partial charge is 0.115 e. The number of likely N-dealkylation sites (tertiary alicyclic amines) is 1. The van der Waals surface area contributed by atoms with E-state index < -0.39 is 0 Å². The van der Waals surface area contributed by atoms with Crippen LogP contribution in [0.15, 0.2) is 47.1 Å². The molecule has 0 bridgehead atoms. The highest BCUT2D eigenvalue weighted by Crippen LogP contribution is 2.40. The molecule has 0 aliphatic carbocycles. The monoisotopic (exact) mass is 313 g/mol. The molecule has 2 unspecified atom stereocenters. The first-order valence-corrected chi connectivity index (χ1v) is 8.62. The van der Waals surface area contributed by atoms with Crippen LogP contribution in [0, 0.1) is 5.92 Å². The molecule has 0 radical (unpaired) electrons. The summed E-state index contributed by atoms with van der Waals surface area (Å²) in [5.74, 6) is 2.03. The van der Waals surface area contributed by atoms with E-state index in [0.29, 0.717) is 11.7 Å². The van der Waals surface area contributed by atoms with Crippen LogP contribution in [0.4, 0.5) is 0 Å². The van der Waals surface area contributed by atoms with E-state index in [-0.39, 0.29) is 5.41 Å². The summed E-state index contributed by atoms with van der Waals surface area (Å²) in [6.07, 6.45) is 5.04. The molecule has 1 saturated heterocycles. The predicted molar refractivity (Wildman–Crippen MR) is 92.7 cm³/mol. The third-order valence-electron chi connectivity index (χ3n) is 5.55. The summed E-state index contributed by atoms with van der Waals surface area (Å²) in [6.45, 7) is 8.04. The minimum absolute atomic E-state index is 0.149. The van der Waals surface area contributed by atoms with Crippen LogP contribution >= 0.6 is 0 Å². The van der Waals surface area contributed by atoms with Crippen molar-refractivity contribution in [1.29, 1.82) is 0 Å². The number of phenolic OH excluding ortho intramolecular Hbond substituents is 1. The molecule has 1 fully saturated rings. The molecule has 2 heterocycles. The third-order valence-corrected chi connectivity index (χ3v) is 5.55. The molecule has 124 valence electrons. The van der Waals surface area contributed by atoms with Gasteiger partial charge in [0.15, 0.2) is 0 Å². The largest absolute Gasteiger partial charge is 0.508 e. The number of aryl methyl sites for hydroxylation is 1. The molecule has 0 spiro atoms. The van der Waals surface area contributed by atoms with Crippen molar-refractivity contribution in [3.05, 3.63) is 54.0 Å². The lowest BCUT2D eigenvalue weighted by Gasteiger charge is -2.45. The van der Waals surface area contributed by atoms with Crippen LogP contribution in [0.5, 0.6) is 5.75 Å². The van der Waals surface area contributed by atoms with E-state index >= 15 is 0 Å². The fraction of sp³-hybridized carbons (Fsp3) is 0.500. The molecule has 1 aliphatic rings. The zero-order valence-corrected chi connectivity index (χ0v) is 14.2. The van der Waals surface area contributed by atoms with E-state index in [4.69, 9.17) is 4.42 Å². The molecule has 3 heteroatoms. The van der Waals surface area contributed by atoms with E-state index in [1.54, 1.807) is 12.3 Å². The van der Waals surface area contributed by atoms with Gasteiger partial charge in [0, 0.05) is 13.0 Å². The quantitative estimate of drug-likeness (QED) is 0.898. The Kier molecular flexibility index (Phi) is 4.76. The highest BCUT2D eigenvalue weighted by Gasteiger charge is 2.37. The molecule has 0 saturated carbocycles. The van der Waals surface area contributed by atoms with Gasteiger partial charge in [0.05, 0.1) is 6.26 Å². The Hall–Kier alpha value is -1.74. The number of hydrogen-bond donors (Lipinski definition) is 1.